The summed E-state index contributed by atoms with van der Waals surface area (Å²) in [5, 5.41) is 12.0. The summed E-state index contributed by atoms with van der Waals surface area (Å²) in [5.74, 6) is 1.49. The van der Waals surface area contributed by atoms with Crippen molar-refractivity contribution in [2.24, 2.45) is 0 Å². The highest BCUT2D eigenvalue weighted by Gasteiger charge is 2.33. The normalized spacial score (nSPS) is 18.0. The van der Waals surface area contributed by atoms with Gasteiger partial charge in [0.25, 0.3) is 0 Å². The average molecular weight is 311 g/mol. The van der Waals surface area contributed by atoms with Crippen molar-refractivity contribution in [2.45, 2.75) is 32.2 Å². The van der Waals surface area contributed by atoms with Gasteiger partial charge in [-0.1, -0.05) is 17.3 Å². The van der Waals surface area contributed by atoms with E-state index in [0.717, 1.165) is 30.6 Å². The second-order valence-electron chi connectivity index (χ2n) is 5.83. The van der Waals surface area contributed by atoms with Gasteiger partial charge in [0.2, 0.25) is 5.91 Å². The maximum absolute atomic E-state index is 12.7. The summed E-state index contributed by atoms with van der Waals surface area (Å²) in [6, 6.07) is 7.54. The molecule has 3 aromatic rings. The van der Waals surface area contributed by atoms with Crippen LogP contribution in [0, 0.1) is 6.92 Å². The first-order valence-corrected chi connectivity index (χ1v) is 7.74. The van der Waals surface area contributed by atoms with Gasteiger partial charge in [-0.25, -0.2) is 4.98 Å². The average Bonchev–Trinajstić information content (AvgIpc) is 3.26. The number of carbonyl (C=O) groups excluding carboxylic acids is 1. The highest BCUT2D eigenvalue weighted by Crippen LogP contribution is 2.30. The van der Waals surface area contributed by atoms with Gasteiger partial charge in [-0.2, -0.15) is 5.10 Å². The standard InChI is InChI=1S/C16H17N5O2/c1-10-17-16(19-18-10)13-6-4-8-21(13)15(22)9-12-11-5-2-3-7-14(11)23-20-12/h2-3,5,7,13H,4,6,8-9H2,1H3,(H,17,18,19)/t13-/m0/s1. The minimum atomic E-state index is -0.0504. The molecule has 0 aliphatic carbocycles. The number of benzene rings is 1. The molecular weight excluding hydrogens is 294 g/mol. The van der Waals surface area contributed by atoms with Gasteiger partial charge >= 0.3 is 0 Å². The molecule has 1 atom stereocenters. The van der Waals surface area contributed by atoms with Crippen LogP contribution >= 0.6 is 0 Å². The number of amides is 1. The van der Waals surface area contributed by atoms with Crippen molar-refractivity contribution >= 4 is 16.9 Å². The molecule has 118 valence electrons. The van der Waals surface area contributed by atoms with Crippen molar-refractivity contribution in [3.63, 3.8) is 0 Å². The third kappa shape index (κ3) is 2.48. The smallest absolute Gasteiger partial charge is 0.229 e. The summed E-state index contributed by atoms with van der Waals surface area (Å²) in [4.78, 5) is 19.0. The van der Waals surface area contributed by atoms with Crippen LogP contribution in [0.3, 0.4) is 0 Å². The monoisotopic (exact) mass is 311 g/mol. The fourth-order valence-electron chi connectivity index (χ4n) is 3.15. The van der Waals surface area contributed by atoms with Gasteiger partial charge in [-0.3, -0.25) is 9.89 Å². The largest absolute Gasteiger partial charge is 0.356 e. The molecule has 0 radical (unpaired) electrons. The molecule has 1 N–H and O–H groups in total. The lowest BCUT2D eigenvalue weighted by Gasteiger charge is -2.22. The Morgan fingerprint density at radius 2 is 2.30 bits per heavy atom. The van der Waals surface area contributed by atoms with E-state index in [1.807, 2.05) is 36.1 Å². The van der Waals surface area contributed by atoms with Gasteiger partial charge in [-0.15, -0.1) is 0 Å². The Labute approximate surface area is 132 Å². The van der Waals surface area contributed by atoms with Crippen molar-refractivity contribution in [2.75, 3.05) is 6.54 Å². The van der Waals surface area contributed by atoms with Gasteiger partial charge < -0.3 is 9.42 Å². The molecule has 1 aliphatic heterocycles. The van der Waals surface area contributed by atoms with Crippen LogP contribution in [0.25, 0.3) is 11.0 Å². The minimum Gasteiger partial charge on any atom is -0.356 e. The number of hydrogen-bond donors (Lipinski definition) is 1. The number of likely N-dealkylation sites (tertiary alicyclic amines) is 1. The van der Waals surface area contributed by atoms with Crippen molar-refractivity contribution in [1.82, 2.24) is 25.2 Å². The number of aryl methyl sites for hydroxylation is 1. The number of H-pyrrole nitrogens is 1. The van der Waals surface area contributed by atoms with E-state index in [-0.39, 0.29) is 18.4 Å². The number of nitrogens with one attached hydrogen (secondary N) is 1. The Balaban J connectivity index is 1.56. The molecule has 7 nitrogen and oxygen atoms in total. The number of para-hydroxylation sites is 1. The van der Waals surface area contributed by atoms with Crippen LogP contribution < -0.4 is 0 Å². The van der Waals surface area contributed by atoms with E-state index in [4.69, 9.17) is 4.52 Å². The minimum absolute atomic E-state index is 0.0361. The number of aromatic amines is 1. The number of nitrogens with zero attached hydrogens (tertiary/aromatic N) is 4. The molecule has 1 amide bonds. The Morgan fingerprint density at radius 3 is 3.13 bits per heavy atom. The van der Waals surface area contributed by atoms with Crippen LogP contribution in [0.4, 0.5) is 0 Å². The summed E-state index contributed by atoms with van der Waals surface area (Å²) in [6.45, 7) is 2.59. The molecule has 4 rings (SSSR count). The van der Waals surface area contributed by atoms with E-state index >= 15 is 0 Å². The van der Waals surface area contributed by atoms with Crippen molar-refractivity contribution in [3.8, 4) is 0 Å². The summed E-state index contributed by atoms with van der Waals surface area (Å²) in [6.07, 6.45) is 2.09. The Hall–Kier alpha value is -2.70. The van der Waals surface area contributed by atoms with E-state index in [0.29, 0.717) is 17.1 Å². The number of hydrogen-bond acceptors (Lipinski definition) is 5. The van der Waals surface area contributed by atoms with Crippen LogP contribution in [0.1, 0.15) is 36.2 Å². The topological polar surface area (TPSA) is 87.9 Å². The van der Waals surface area contributed by atoms with Gasteiger partial charge in [0.15, 0.2) is 11.4 Å². The lowest BCUT2D eigenvalue weighted by molar-refractivity contribution is -0.131. The molecule has 0 unspecified atom stereocenters. The summed E-state index contributed by atoms with van der Waals surface area (Å²) in [5.41, 5.74) is 1.39. The number of aromatic nitrogens is 4. The lowest BCUT2D eigenvalue weighted by atomic mass is 10.1. The molecule has 1 aromatic carbocycles. The van der Waals surface area contributed by atoms with Crippen molar-refractivity contribution in [1.29, 1.82) is 0 Å². The summed E-state index contributed by atoms with van der Waals surface area (Å²) >= 11 is 0. The Kier molecular flexibility index (Phi) is 3.33. The fourth-order valence-corrected chi connectivity index (χ4v) is 3.15. The first-order chi connectivity index (χ1) is 11.2. The van der Waals surface area contributed by atoms with E-state index in [9.17, 15) is 4.79 Å². The molecule has 2 aromatic heterocycles. The highest BCUT2D eigenvalue weighted by molar-refractivity contribution is 5.86. The molecule has 3 heterocycles. The van der Waals surface area contributed by atoms with E-state index in [2.05, 4.69) is 20.3 Å². The zero-order valence-corrected chi connectivity index (χ0v) is 12.8. The zero-order valence-electron chi connectivity index (χ0n) is 12.8. The molecule has 0 bridgehead atoms. The predicted octanol–water partition coefficient (Wildman–Crippen LogP) is 2.16. The van der Waals surface area contributed by atoms with Gasteiger partial charge in [-0.05, 0) is 31.9 Å². The van der Waals surface area contributed by atoms with Crippen LogP contribution in [0.15, 0.2) is 28.8 Å². The highest BCUT2D eigenvalue weighted by atomic mass is 16.5. The van der Waals surface area contributed by atoms with Crippen LogP contribution in [-0.2, 0) is 11.2 Å². The maximum Gasteiger partial charge on any atom is 0.229 e. The van der Waals surface area contributed by atoms with Crippen molar-refractivity contribution in [3.05, 3.63) is 41.6 Å². The third-order valence-corrected chi connectivity index (χ3v) is 4.26. The Bertz CT molecular complexity index is 853. The lowest BCUT2D eigenvalue weighted by Crippen LogP contribution is -2.32. The number of rotatable bonds is 3. The van der Waals surface area contributed by atoms with Gasteiger partial charge in [0, 0.05) is 11.9 Å². The molecule has 1 saturated heterocycles. The second kappa shape index (κ2) is 5.49. The summed E-state index contributed by atoms with van der Waals surface area (Å²) < 4.78 is 5.28. The van der Waals surface area contributed by atoms with E-state index < -0.39 is 0 Å². The third-order valence-electron chi connectivity index (χ3n) is 4.26. The summed E-state index contributed by atoms with van der Waals surface area (Å²) in [7, 11) is 0. The number of carbonyl (C=O) groups is 1. The molecule has 1 aliphatic rings. The molecule has 23 heavy (non-hydrogen) atoms. The number of fused-ring (bicyclic) bond motifs is 1. The maximum atomic E-state index is 12.7. The van der Waals surface area contributed by atoms with Crippen LogP contribution in [-0.4, -0.2) is 37.7 Å². The molecule has 0 saturated carbocycles. The fraction of sp³-hybridized carbons (Fsp3) is 0.375. The first kappa shape index (κ1) is 13.9. The Morgan fingerprint density at radius 1 is 1.43 bits per heavy atom. The zero-order chi connectivity index (χ0) is 15.8. The van der Waals surface area contributed by atoms with E-state index in [1.165, 1.54) is 0 Å². The SMILES string of the molecule is Cc1nc([C@@H]2CCCN2C(=O)Cc2noc3ccccc23)n[nH]1. The molecule has 7 heteroatoms. The first-order valence-electron chi connectivity index (χ1n) is 7.74. The quantitative estimate of drug-likeness (QED) is 0.801. The second-order valence-corrected chi connectivity index (χ2v) is 5.83. The van der Waals surface area contributed by atoms with Crippen LogP contribution in [0.5, 0.6) is 0 Å². The van der Waals surface area contributed by atoms with Crippen LogP contribution in [0.2, 0.25) is 0 Å². The molecule has 1 fully saturated rings. The molecule has 0 spiro atoms. The van der Waals surface area contributed by atoms with Crippen molar-refractivity contribution < 1.29 is 9.32 Å². The van der Waals surface area contributed by atoms with E-state index in [1.54, 1.807) is 0 Å². The van der Waals surface area contributed by atoms with Gasteiger partial charge in [0.1, 0.15) is 11.5 Å². The predicted molar refractivity (Wildman–Crippen MR) is 82.5 cm³/mol. The molecular formula is C16H17N5O2. The van der Waals surface area contributed by atoms with Gasteiger partial charge in [0.05, 0.1) is 12.5 Å².